The number of rotatable bonds is 11. The van der Waals surface area contributed by atoms with Gasteiger partial charge in [-0.15, -0.1) is 0 Å². The second kappa shape index (κ2) is 12.9. The summed E-state index contributed by atoms with van der Waals surface area (Å²) in [4.78, 5) is 41.3. The van der Waals surface area contributed by atoms with Crippen LogP contribution in [0, 0.1) is 13.8 Å². The first-order valence-corrected chi connectivity index (χ1v) is 13.1. The van der Waals surface area contributed by atoms with Gasteiger partial charge in [0.15, 0.2) is 0 Å². The topological polar surface area (TPSA) is 99.3 Å². The smallest absolute Gasteiger partial charge is 0.305 e. The number of halogens is 2. The van der Waals surface area contributed by atoms with Gasteiger partial charge in [0.2, 0.25) is 5.91 Å². The van der Waals surface area contributed by atoms with E-state index in [1.165, 1.54) is 0 Å². The summed E-state index contributed by atoms with van der Waals surface area (Å²) in [6.45, 7) is 5.82. The summed E-state index contributed by atoms with van der Waals surface area (Å²) >= 11 is 12.8. The lowest BCUT2D eigenvalue weighted by Gasteiger charge is -2.25. The van der Waals surface area contributed by atoms with Crippen LogP contribution in [0.25, 0.3) is 0 Å². The van der Waals surface area contributed by atoms with Crippen LogP contribution in [0.4, 0.5) is 0 Å². The molecular formula is C29H32Cl2N2O4. The van der Waals surface area contributed by atoms with E-state index >= 15 is 0 Å². The number of aromatic amines is 1. The summed E-state index contributed by atoms with van der Waals surface area (Å²) in [7, 11) is 0. The number of aromatic nitrogens is 1. The molecular weight excluding hydrogens is 511 g/mol. The molecule has 3 rings (SSSR count). The van der Waals surface area contributed by atoms with Crippen molar-refractivity contribution in [3.05, 3.63) is 102 Å². The lowest BCUT2D eigenvalue weighted by atomic mass is 9.85. The van der Waals surface area contributed by atoms with Crippen LogP contribution in [-0.4, -0.2) is 22.0 Å². The molecule has 3 aromatic rings. The van der Waals surface area contributed by atoms with Crippen LogP contribution in [0.5, 0.6) is 0 Å². The number of nitrogens with one attached hydrogen (secondary N) is 2. The first-order chi connectivity index (χ1) is 17.6. The van der Waals surface area contributed by atoms with Crippen LogP contribution in [0.2, 0.25) is 10.0 Å². The van der Waals surface area contributed by atoms with Crippen molar-refractivity contribution < 1.29 is 14.7 Å². The molecule has 2 aromatic carbocycles. The minimum atomic E-state index is -1.02. The number of benzene rings is 2. The molecule has 0 saturated heterocycles. The maximum Gasteiger partial charge on any atom is 0.305 e. The third-order valence-corrected chi connectivity index (χ3v) is 7.25. The maximum absolute atomic E-state index is 13.8. The highest BCUT2D eigenvalue weighted by molar-refractivity contribution is 6.36. The molecule has 1 heterocycles. The Hall–Kier alpha value is -3.09. The third kappa shape index (κ3) is 7.24. The molecule has 0 saturated carbocycles. The van der Waals surface area contributed by atoms with E-state index in [-0.39, 0.29) is 24.3 Å². The van der Waals surface area contributed by atoms with Crippen molar-refractivity contribution >= 4 is 35.1 Å². The molecule has 0 fully saturated rings. The molecule has 0 aliphatic carbocycles. The van der Waals surface area contributed by atoms with Gasteiger partial charge >= 0.3 is 5.97 Å². The van der Waals surface area contributed by atoms with Gasteiger partial charge in [0, 0.05) is 28.2 Å². The van der Waals surface area contributed by atoms with E-state index in [0.717, 1.165) is 24.0 Å². The SMILES string of the molecule is CCCC[C@H](C(=O)N[C@@H](CC(=O)O)c1ccc(C)cc1)c1c(C)c[nH]c(=O)c1Cc1c(Cl)cccc1Cl. The Bertz CT molecular complexity index is 1300. The standard InChI is InChI=1S/C29H32Cl2N2O4/c1-4-5-7-20(29(37)33-25(15-26(34)35)19-12-10-17(2)11-13-19)27-18(3)16-32-28(36)22(27)14-21-23(30)8-6-9-24(21)31/h6,8-13,16,20,25H,4-5,7,14-15H2,1-3H3,(H,32,36)(H,33,37)(H,34,35)/t20-,25-/m0/s1. The highest BCUT2D eigenvalue weighted by Crippen LogP contribution is 2.33. The van der Waals surface area contributed by atoms with Gasteiger partial charge < -0.3 is 15.4 Å². The number of carbonyl (C=O) groups excluding carboxylic acids is 1. The number of H-pyrrole nitrogens is 1. The van der Waals surface area contributed by atoms with Gasteiger partial charge in [-0.3, -0.25) is 14.4 Å². The summed E-state index contributed by atoms with van der Waals surface area (Å²) in [6, 6.07) is 11.9. The zero-order valence-electron chi connectivity index (χ0n) is 21.2. The predicted molar refractivity (Wildman–Crippen MR) is 148 cm³/mol. The fourth-order valence-electron chi connectivity index (χ4n) is 4.55. The van der Waals surface area contributed by atoms with E-state index in [1.807, 2.05) is 45.0 Å². The first-order valence-electron chi connectivity index (χ1n) is 12.3. The largest absolute Gasteiger partial charge is 0.481 e. The number of aryl methyl sites for hydroxylation is 2. The monoisotopic (exact) mass is 542 g/mol. The van der Waals surface area contributed by atoms with E-state index in [0.29, 0.717) is 38.7 Å². The Morgan fingerprint density at radius 1 is 1.03 bits per heavy atom. The van der Waals surface area contributed by atoms with Gasteiger partial charge in [-0.1, -0.05) is 78.9 Å². The molecule has 0 bridgehead atoms. The van der Waals surface area contributed by atoms with Gasteiger partial charge in [0.05, 0.1) is 18.4 Å². The predicted octanol–water partition coefficient (Wildman–Crippen LogP) is 6.50. The fraction of sp³-hybridized carbons (Fsp3) is 0.345. The van der Waals surface area contributed by atoms with Crippen LogP contribution in [0.15, 0.2) is 53.5 Å². The number of pyridine rings is 1. The molecule has 6 nitrogen and oxygen atoms in total. The van der Waals surface area contributed by atoms with Crippen molar-refractivity contribution in [1.29, 1.82) is 0 Å². The third-order valence-electron chi connectivity index (χ3n) is 6.55. The normalized spacial score (nSPS) is 12.7. The zero-order chi connectivity index (χ0) is 27.1. The second-order valence-electron chi connectivity index (χ2n) is 9.33. The van der Waals surface area contributed by atoms with E-state index in [9.17, 15) is 19.5 Å². The minimum Gasteiger partial charge on any atom is -0.481 e. The number of hydrogen-bond acceptors (Lipinski definition) is 3. The van der Waals surface area contributed by atoms with Crippen molar-refractivity contribution in [3.8, 4) is 0 Å². The quantitative estimate of drug-likeness (QED) is 0.257. The highest BCUT2D eigenvalue weighted by atomic mass is 35.5. The molecule has 0 aliphatic heterocycles. The Balaban J connectivity index is 2.06. The Kier molecular flexibility index (Phi) is 9.95. The Morgan fingerprint density at radius 2 is 1.68 bits per heavy atom. The summed E-state index contributed by atoms with van der Waals surface area (Å²) < 4.78 is 0. The van der Waals surface area contributed by atoms with Crippen LogP contribution in [0.1, 0.15) is 77.9 Å². The summed E-state index contributed by atoms with van der Waals surface area (Å²) in [5.41, 5.74) is 3.86. The molecule has 0 unspecified atom stereocenters. The van der Waals surface area contributed by atoms with Crippen molar-refractivity contribution in [2.24, 2.45) is 0 Å². The summed E-state index contributed by atoms with van der Waals surface area (Å²) in [6.07, 6.45) is 3.63. The van der Waals surface area contributed by atoms with Crippen molar-refractivity contribution in [2.75, 3.05) is 0 Å². The molecule has 2 atom stereocenters. The van der Waals surface area contributed by atoms with E-state index in [4.69, 9.17) is 23.2 Å². The molecule has 3 N–H and O–H groups in total. The lowest BCUT2D eigenvalue weighted by Crippen LogP contribution is -2.35. The Morgan fingerprint density at radius 3 is 2.27 bits per heavy atom. The van der Waals surface area contributed by atoms with Crippen LogP contribution >= 0.6 is 23.2 Å². The molecule has 1 amide bonds. The molecule has 8 heteroatoms. The second-order valence-corrected chi connectivity index (χ2v) is 10.1. The number of amides is 1. The number of carboxylic acid groups (broad SMARTS) is 1. The average Bonchev–Trinajstić information content (AvgIpc) is 2.84. The van der Waals surface area contributed by atoms with E-state index in [2.05, 4.69) is 10.3 Å². The average molecular weight is 543 g/mol. The van der Waals surface area contributed by atoms with Gasteiger partial charge in [-0.05, 0) is 54.7 Å². The molecule has 0 spiro atoms. The number of hydrogen-bond donors (Lipinski definition) is 3. The highest BCUT2D eigenvalue weighted by Gasteiger charge is 2.29. The van der Waals surface area contributed by atoms with Crippen molar-refractivity contribution in [1.82, 2.24) is 10.3 Å². The summed E-state index contributed by atoms with van der Waals surface area (Å²) in [5.74, 6) is -1.99. The number of unbranched alkanes of at least 4 members (excludes halogenated alkanes) is 1. The van der Waals surface area contributed by atoms with Gasteiger partial charge in [-0.2, -0.15) is 0 Å². The molecule has 0 radical (unpaired) electrons. The van der Waals surface area contributed by atoms with Gasteiger partial charge in [0.1, 0.15) is 0 Å². The first kappa shape index (κ1) is 28.5. The lowest BCUT2D eigenvalue weighted by molar-refractivity contribution is -0.137. The van der Waals surface area contributed by atoms with Crippen LogP contribution in [-0.2, 0) is 16.0 Å². The van der Waals surface area contributed by atoms with E-state index < -0.39 is 17.9 Å². The number of aliphatic carboxylic acids is 1. The summed E-state index contributed by atoms with van der Waals surface area (Å²) in [5, 5.41) is 13.4. The molecule has 0 aliphatic rings. The van der Waals surface area contributed by atoms with Crippen LogP contribution in [0.3, 0.4) is 0 Å². The molecule has 37 heavy (non-hydrogen) atoms. The fourth-order valence-corrected chi connectivity index (χ4v) is 5.08. The molecule has 1 aromatic heterocycles. The Labute approximate surface area is 227 Å². The number of carbonyl (C=O) groups is 2. The van der Waals surface area contributed by atoms with Crippen LogP contribution < -0.4 is 10.9 Å². The van der Waals surface area contributed by atoms with Crippen molar-refractivity contribution in [2.45, 2.75) is 64.8 Å². The minimum absolute atomic E-state index is 0.164. The van der Waals surface area contributed by atoms with Crippen molar-refractivity contribution in [3.63, 3.8) is 0 Å². The van der Waals surface area contributed by atoms with E-state index in [1.54, 1.807) is 24.4 Å². The zero-order valence-corrected chi connectivity index (χ0v) is 22.7. The van der Waals surface area contributed by atoms with Gasteiger partial charge in [-0.25, -0.2) is 0 Å². The maximum atomic E-state index is 13.8. The van der Waals surface area contributed by atoms with Gasteiger partial charge in [0.25, 0.3) is 5.56 Å². The molecule has 196 valence electrons. The number of carboxylic acids is 1.